The lowest BCUT2D eigenvalue weighted by atomic mass is 10.3. The molecule has 0 rings (SSSR count). The lowest BCUT2D eigenvalue weighted by Crippen LogP contribution is -2.46. The van der Waals surface area contributed by atoms with E-state index in [0.717, 1.165) is 0 Å². The molecule has 0 aliphatic carbocycles. The Hall–Kier alpha value is -0.493. The number of ketones is 1. The summed E-state index contributed by atoms with van der Waals surface area (Å²) >= 11 is 0. The number of carbonyl (C=O) groups excluding carboxylic acids is 1. The van der Waals surface area contributed by atoms with Crippen LogP contribution in [0.1, 0.15) is 6.92 Å². The van der Waals surface area contributed by atoms with Crippen molar-refractivity contribution in [2.75, 3.05) is 13.3 Å². The molecule has 0 spiro atoms. The summed E-state index contributed by atoms with van der Waals surface area (Å²) in [6.45, 7) is 6.66. The summed E-state index contributed by atoms with van der Waals surface area (Å²) in [7, 11) is -1.09. The fourth-order valence-electron chi connectivity index (χ4n) is 0.748. The minimum atomic E-state index is -2.55. The van der Waals surface area contributed by atoms with Crippen LogP contribution >= 0.6 is 0 Å². The topological polar surface area (TPSA) is 55.8 Å². The molecule has 1 N–H and O–H groups in total. The Labute approximate surface area is 79.4 Å². The van der Waals surface area contributed by atoms with Crippen LogP contribution in [0, 0.1) is 0 Å². The molecule has 2 atom stereocenters. The molecule has 0 aromatic carbocycles. The number of aliphatic hydroxyl groups is 1. The van der Waals surface area contributed by atoms with E-state index in [2.05, 4.69) is 6.58 Å². The first-order valence-corrected chi connectivity index (χ1v) is 6.51. The van der Waals surface area contributed by atoms with Gasteiger partial charge in [-0.3, -0.25) is 4.79 Å². The van der Waals surface area contributed by atoms with Crippen LogP contribution in [0.3, 0.4) is 0 Å². The van der Waals surface area contributed by atoms with Crippen LogP contribution in [0.2, 0.25) is 6.55 Å². The van der Waals surface area contributed by atoms with Crippen LogP contribution < -0.4 is 0 Å². The fourth-order valence-corrected chi connectivity index (χ4v) is 1.91. The van der Waals surface area contributed by atoms with Crippen molar-refractivity contribution in [3.8, 4) is 0 Å². The number of carbonyl (C=O) groups is 1. The molecule has 76 valence electrons. The van der Waals surface area contributed by atoms with Gasteiger partial charge in [-0.25, -0.2) is 0 Å². The quantitative estimate of drug-likeness (QED) is 0.502. The molecule has 0 fully saturated rings. The second-order valence-corrected chi connectivity index (χ2v) is 6.09. The van der Waals surface area contributed by atoms with E-state index in [0.29, 0.717) is 0 Å². The normalized spacial score (nSPS) is 17.5. The summed E-state index contributed by atoms with van der Waals surface area (Å²) in [5.74, 6) is -0.204. The van der Waals surface area contributed by atoms with E-state index in [4.69, 9.17) is 14.0 Å². The third kappa shape index (κ3) is 3.82. The van der Waals surface area contributed by atoms with Crippen LogP contribution in [0.5, 0.6) is 0 Å². The molecule has 0 aliphatic heterocycles. The molecule has 0 bridgehead atoms. The SMILES string of the molecule is C=CC(=O)C(C)O[Si](C)(CO)OC. The van der Waals surface area contributed by atoms with Crippen molar-refractivity contribution in [1.82, 2.24) is 0 Å². The van der Waals surface area contributed by atoms with Gasteiger partial charge in [-0.1, -0.05) is 6.58 Å². The molecule has 0 heterocycles. The molecule has 13 heavy (non-hydrogen) atoms. The minimum Gasteiger partial charge on any atom is -0.396 e. The lowest BCUT2D eigenvalue weighted by molar-refractivity contribution is -0.121. The van der Waals surface area contributed by atoms with Gasteiger partial charge in [0.15, 0.2) is 5.78 Å². The van der Waals surface area contributed by atoms with Crippen LogP contribution in [0.4, 0.5) is 0 Å². The number of hydrogen-bond donors (Lipinski definition) is 1. The van der Waals surface area contributed by atoms with E-state index in [1.54, 1.807) is 13.5 Å². The van der Waals surface area contributed by atoms with Crippen LogP contribution in [0.25, 0.3) is 0 Å². The van der Waals surface area contributed by atoms with Gasteiger partial charge in [0, 0.05) is 7.11 Å². The van der Waals surface area contributed by atoms with Gasteiger partial charge in [-0.15, -0.1) is 0 Å². The lowest BCUT2D eigenvalue weighted by Gasteiger charge is -2.25. The average Bonchev–Trinajstić information content (AvgIpc) is 2.16. The summed E-state index contributed by atoms with van der Waals surface area (Å²) in [6.07, 6.45) is 0.436. The van der Waals surface area contributed by atoms with Crippen molar-refractivity contribution in [3.05, 3.63) is 12.7 Å². The molecule has 4 nitrogen and oxygen atoms in total. The van der Waals surface area contributed by atoms with Crippen molar-refractivity contribution in [3.63, 3.8) is 0 Å². The molecule has 2 unspecified atom stereocenters. The van der Waals surface area contributed by atoms with E-state index >= 15 is 0 Å². The first-order chi connectivity index (χ1) is 5.99. The third-order valence-electron chi connectivity index (χ3n) is 1.75. The number of aliphatic hydroxyl groups excluding tert-OH is 1. The summed E-state index contributed by atoms with van der Waals surface area (Å²) in [5.41, 5.74) is 0. The molecule has 5 heteroatoms. The summed E-state index contributed by atoms with van der Waals surface area (Å²) in [6, 6.07) is 0. The average molecular weight is 204 g/mol. The molecule has 0 saturated heterocycles. The minimum absolute atomic E-state index is 0.168. The third-order valence-corrected chi connectivity index (χ3v) is 4.04. The molecule has 0 amide bonds. The molecular weight excluding hydrogens is 188 g/mol. The molecular formula is C8H16O4Si. The predicted molar refractivity (Wildman–Crippen MR) is 51.5 cm³/mol. The van der Waals surface area contributed by atoms with E-state index in [1.165, 1.54) is 13.2 Å². The molecule has 0 radical (unpaired) electrons. The highest BCUT2D eigenvalue weighted by atomic mass is 28.4. The standard InChI is InChI=1S/C8H16O4Si/c1-5-8(10)7(2)12-13(4,6-9)11-3/h5,7,9H,1,6H2,2-4H3. The largest absolute Gasteiger partial charge is 0.396 e. The van der Waals surface area contributed by atoms with Gasteiger partial charge in [0.25, 0.3) is 0 Å². The maximum absolute atomic E-state index is 11.1. The van der Waals surface area contributed by atoms with Crippen LogP contribution in [0.15, 0.2) is 12.7 Å². The van der Waals surface area contributed by atoms with Gasteiger partial charge in [0.1, 0.15) is 6.10 Å². The van der Waals surface area contributed by atoms with Crippen LogP contribution in [-0.4, -0.2) is 38.9 Å². The van der Waals surface area contributed by atoms with Gasteiger partial charge in [-0.2, -0.15) is 0 Å². The highest BCUT2D eigenvalue weighted by Gasteiger charge is 2.32. The van der Waals surface area contributed by atoms with Crippen molar-refractivity contribution >= 4 is 14.3 Å². The number of hydrogen-bond acceptors (Lipinski definition) is 4. The second-order valence-electron chi connectivity index (χ2n) is 2.86. The van der Waals surface area contributed by atoms with Crippen molar-refractivity contribution in [1.29, 1.82) is 0 Å². The Bertz CT molecular complexity index is 189. The summed E-state index contributed by atoms with van der Waals surface area (Å²) in [4.78, 5) is 11.1. The Balaban J connectivity index is 4.24. The molecule has 0 aromatic heterocycles. The van der Waals surface area contributed by atoms with Crippen molar-refractivity contribution < 1.29 is 18.8 Å². The molecule has 0 aromatic rings. The first-order valence-electron chi connectivity index (χ1n) is 3.99. The second kappa shape index (κ2) is 5.28. The fraction of sp³-hybridized carbons (Fsp3) is 0.625. The smallest absolute Gasteiger partial charge is 0.361 e. The molecule has 0 aliphatic rings. The van der Waals surface area contributed by atoms with Crippen LogP contribution in [-0.2, 0) is 13.6 Å². The van der Waals surface area contributed by atoms with E-state index in [9.17, 15) is 4.79 Å². The molecule has 0 saturated carbocycles. The first kappa shape index (κ1) is 12.5. The summed E-state index contributed by atoms with van der Waals surface area (Å²) < 4.78 is 10.4. The zero-order chi connectivity index (χ0) is 10.5. The Kier molecular flexibility index (Phi) is 5.08. The van der Waals surface area contributed by atoms with E-state index in [-0.39, 0.29) is 12.0 Å². The van der Waals surface area contributed by atoms with Gasteiger partial charge in [0.2, 0.25) is 0 Å². The maximum atomic E-state index is 11.1. The van der Waals surface area contributed by atoms with Gasteiger partial charge < -0.3 is 14.0 Å². The Morgan fingerprint density at radius 1 is 1.77 bits per heavy atom. The van der Waals surface area contributed by atoms with Crippen molar-refractivity contribution in [2.24, 2.45) is 0 Å². The number of rotatable bonds is 6. The Morgan fingerprint density at radius 2 is 2.31 bits per heavy atom. The zero-order valence-corrected chi connectivity index (χ0v) is 9.24. The highest BCUT2D eigenvalue weighted by molar-refractivity contribution is 6.66. The zero-order valence-electron chi connectivity index (χ0n) is 8.24. The summed E-state index contributed by atoms with van der Waals surface area (Å²) in [5, 5.41) is 8.96. The predicted octanol–water partition coefficient (Wildman–Crippen LogP) is 0.396. The Morgan fingerprint density at radius 3 is 2.62 bits per heavy atom. The monoisotopic (exact) mass is 204 g/mol. The van der Waals surface area contributed by atoms with Crippen molar-refractivity contribution in [2.45, 2.75) is 19.6 Å². The van der Waals surface area contributed by atoms with Gasteiger partial charge in [-0.05, 0) is 19.5 Å². The van der Waals surface area contributed by atoms with Gasteiger partial charge in [0.05, 0.1) is 6.23 Å². The van der Waals surface area contributed by atoms with Gasteiger partial charge >= 0.3 is 8.56 Å². The van der Waals surface area contributed by atoms with E-state index < -0.39 is 14.7 Å². The maximum Gasteiger partial charge on any atom is 0.361 e. The van der Waals surface area contributed by atoms with E-state index in [1.807, 2.05) is 0 Å². The highest BCUT2D eigenvalue weighted by Crippen LogP contribution is 2.09.